The van der Waals surface area contributed by atoms with Crippen molar-refractivity contribution in [3.05, 3.63) is 89.0 Å². The molecule has 3 amide bonds. The highest BCUT2D eigenvalue weighted by atomic mass is 32.2. The molecule has 3 aromatic carbocycles. The van der Waals surface area contributed by atoms with Gasteiger partial charge in [-0.15, -0.1) is 0 Å². The number of amides is 3. The molecule has 2 heterocycles. The third kappa shape index (κ3) is 5.31. The lowest BCUT2D eigenvalue weighted by molar-refractivity contribution is -0.137. The van der Waals surface area contributed by atoms with Crippen molar-refractivity contribution < 1.29 is 23.9 Å². The lowest BCUT2D eigenvalue weighted by Crippen LogP contribution is -2.35. The Morgan fingerprint density at radius 1 is 0.919 bits per heavy atom. The molecule has 5 rings (SSSR count). The van der Waals surface area contributed by atoms with Gasteiger partial charge in [-0.2, -0.15) is 0 Å². The summed E-state index contributed by atoms with van der Waals surface area (Å²) in [6.07, 6.45) is 0. The van der Waals surface area contributed by atoms with Crippen molar-refractivity contribution in [1.82, 2.24) is 4.90 Å². The summed E-state index contributed by atoms with van der Waals surface area (Å²) in [6.45, 7) is 4.41. The number of nitrogens with zero attached hydrogens (tertiary/aromatic N) is 1. The molecule has 8 nitrogen and oxygen atoms in total. The first-order valence-corrected chi connectivity index (χ1v) is 12.6. The van der Waals surface area contributed by atoms with Gasteiger partial charge in [-0.05, 0) is 60.5 Å². The Labute approximate surface area is 218 Å². The third-order valence-electron chi connectivity index (χ3n) is 5.68. The molecule has 2 N–H and O–H groups in total. The zero-order chi connectivity index (χ0) is 25.9. The average Bonchev–Trinajstić information content (AvgIpc) is 3.45. The van der Waals surface area contributed by atoms with Crippen molar-refractivity contribution in [3.63, 3.8) is 0 Å². The smallest absolute Gasteiger partial charge is 0.278 e. The fourth-order valence-corrected chi connectivity index (χ4v) is 4.87. The Balaban J connectivity index is 1.33. The lowest BCUT2D eigenvalue weighted by Gasteiger charge is -2.17. The number of para-hydroxylation sites is 1. The normalized spacial score (nSPS) is 14.5. The summed E-state index contributed by atoms with van der Waals surface area (Å²) in [6, 6.07) is 21.4. The number of anilines is 2. The van der Waals surface area contributed by atoms with E-state index in [0.717, 1.165) is 10.6 Å². The van der Waals surface area contributed by atoms with E-state index >= 15 is 0 Å². The molecule has 9 heteroatoms. The van der Waals surface area contributed by atoms with Crippen LogP contribution in [0.25, 0.3) is 0 Å². The molecule has 188 valence electrons. The molecular weight excluding hydrogens is 490 g/mol. The van der Waals surface area contributed by atoms with E-state index in [1.807, 2.05) is 44.2 Å². The Morgan fingerprint density at radius 2 is 1.65 bits per heavy atom. The Morgan fingerprint density at radius 3 is 2.38 bits per heavy atom. The number of hydrogen-bond donors (Lipinski definition) is 2. The number of hydrogen-bond acceptors (Lipinski definition) is 7. The van der Waals surface area contributed by atoms with E-state index in [-0.39, 0.29) is 36.1 Å². The number of thioether (sulfide) groups is 1. The highest BCUT2D eigenvalue weighted by Gasteiger charge is 2.39. The van der Waals surface area contributed by atoms with Gasteiger partial charge in [0.25, 0.3) is 17.7 Å². The molecule has 3 aromatic rings. The Bertz CT molecular complexity index is 1390. The van der Waals surface area contributed by atoms with Crippen molar-refractivity contribution in [2.45, 2.75) is 18.7 Å². The molecule has 37 heavy (non-hydrogen) atoms. The number of ether oxygens (including phenoxy) is 2. The maximum absolute atomic E-state index is 13.2. The van der Waals surface area contributed by atoms with Crippen LogP contribution < -0.4 is 20.1 Å². The van der Waals surface area contributed by atoms with Gasteiger partial charge in [0.05, 0.1) is 0 Å². The first-order chi connectivity index (χ1) is 17.9. The molecule has 0 saturated carbocycles. The van der Waals surface area contributed by atoms with Gasteiger partial charge < -0.3 is 20.1 Å². The largest absolute Gasteiger partial charge is 0.454 e. The van der Waals surface area contributed by atoms with E-state index in [1.165, 1.54) is 16.7 Å². The number of carbonyl (C=O) groups is 3. The highest BCUT2D eigenvalue weighted by molar-refractivity contribution is 8.04. The van der Waals surface area contributed by atoms with Crippen LogP contribution in [0.1, 0.15) is 24.2 Å². The predicted octanol–water partition coefficient (Wildman–Crippen LogP) is 5.11. The second kappa shape index (κ2) is 10.4. The predicted molar refractivity (Wildman–Crippen MR) is 141 cm³/mol. The van der Waals surface area contributed by atoms with E-state index < -0.39 is 0 Å². The number of benzene rings is 3. The van der Waals surface area contributed by atoms with Crippen molar-refractivity contribution in [3.8, 4) is 11.5 Å². The van der Waals surface area contributed by atoms with Crippen molar-refractivity contribution in [1.29, 1.82) is 0 Å². The lowest BCUT2D eigenvalue weighted by atomic mass is 10.2. The zero-order valence-electron chi connectivity index (χ0n) is 20.3. The molecule has 0 atom stereocenters. The van der Waals surface area contributed by atoms with Crippen LogP contribution in [-0.4, -0.2) is 36.0 Å². The maximum Gasteiger partial charge on any atom is 0.278 e. The van der Waals surface area contributed by atoms with Crippen LogP contribution >= 0.6 is 11.8 Å². The molecule has 0 bridgehead atoms. The molecule has 0 aliphatic carbocycles. The molecule has 0 spiro atoms. The molecule has 0 saturated heterocycles. The third-order valence-corrected chi connectivity index (χ3v) is 6.77. The van der Waals surface area contributed by atoms with E-state index in [4.69, 9.17) is 9.47 Å². The minimum atomic E-state index is -0.335. The summed E-state index contributed by atoms with van der Waals surface area (Å²) in [5.41, 5.74) is 2.04. The van der Waals surface area contributed by atoms with Gasteiger partial charge in [-0.3, -0.25) is 19.3 Å². The second-order valence-electron chi connectivity index (χ2n) is 8.96. The quantitative estimate of drug-likeness (QED) is 0.403. The number of imide groups is 1. The van der Waals surface area contributed by atoms with E-state index in [1.54, 1.807) is 42.5 Å². The van der Waals surface area contributed by atoms with Gasteiger partial charge in [0.1, 0.15) is 10.6 Å². The summed E-state index contributed by atoms with van der Waals surface area (Å²) >= 11 is 1.22. The average molecular weight is 516 g/mol. The molecule has 2 aliphatic rings. The molecule has 0 fully saturated rings. The summed E-state index contributed by atoms with van der Waals surface area (Å²) in [7, 11) is 0. The molecule has 0 unspecified atom stereocenters. The van der Waals surface area contributed by atoms with Crippen molar-refractivity contribution in [2.24, 2.45) is 5.92 Å². The summed E-state index contributed by atoms with van der Waals surface area (Å²) in [5, 5.41) is 6.00. The topological polar surface area (TPSA) is 97.0 Å². The van der Waals surface area contributed by atoms with Gasteiger partial charge in [0.2, 0.25) is 6.79 Å². The van der Waals surface area contributed by atoms with Crippen LogP contribution in [0.15, 0.2) is 88.3 Å². The van der Waals surface area contributed by atoms with Crippen LogP contribution in [-0.2, 0) is 9.59 Å². The van der Waals surface area contributed by atoms with Crippen LogP contribution in [0.2, 0.25) is 0 Å². The van der Waals surface area contributed by atoms with Gasteiger partial charge >= 0.3 is 0 Å². The van der Waals surface area contributed by atoms with E-state index in [2.05, 4.69) is 10.6 Å². The van der Waals surface area contributed by atoms with E-state index in [0.29, 0.717) is 34.2 Å². The van der Waals surface area contributed by atoms with Crippen LogP contribution in [0.5, 0.6) is 11.5 Å². The molecular formula is C28H25N3O5S. The SMILES string of the molecule is CC(C)CN1C(=O)C(Nc2ccccc2)=C(Sc2ccc(NC(=O)c3ccc4c(c3)OCO4)cc2)C1=O. The number of fused-ring (bicyclic) bond motifs is 1. The van der Waals surface area contributed by atoms with Gasteiger partial charge in [0.15, 0.2) is 11.5 Å². The molecule has 0 radical (unpaired) electrons. The maximum atomic E-state index is 13.2. The van der Waals surface area contributed by atoms with Crippen LogP contribution in [0, 0.1) is 5.92 Å². The van der Waals surface area contributed by atoms with E-state index in [9.17, 15) is 14.4 Å². The highest BCUT2D eigenvalue weighted by Crippen LogP contribution is 2.37. The zero-order valence-corrected chi connectivity index (χ0v) is 21.1. The summed E-state index contributed by atoms with van der Waals surface area (Å²) < 4.78 is 10.6. The Kier molecular flexibility index (Phi) is 6.87. The monoisotopic (exact) mass is 515 g/mol. The number of nitrogens with one attached hydrogen (secondary N) is 2. The van der Waals surface area contributed by atoms with Gasteiger partial charge in [0, 0.05) is 28.4 Å². The van der Waals surface area contributed by atoms with Gasteiger partial charge in [-0.1, -0.05) is 43.8 Å². The van der Waals surface area contributed by atoms with Crippen molar-refractivity contribution in [2.75, 3.05) is 24.0 Å². The second-order valence-corrected chi connectivity index (χ2v) is 10.0. The van der Waals surface area contributed by atoms with Crippen LogP contribution in [0.3, 0.4) is 0 Å². The fraction of sp³-hybridized carbons (Fsp3) is 0.179. The minimum Gasteiger partial charge on any atom is -0.454 e. The standard InChI is InChI=1S/C28H25N3O5S/c1-17(2)15-31-27(33)24(29-19-6-4-3-5-7-19)25(28(31)34)37-21-11-9-20(10-12-21)30-26(32)18-8-13-22-23(14-18)36-16-35-22/h3-14,17,29H,15-16H2,1-2H3,(H,30,32). The Hall–Kier alpha value is -4.24. The fourth-order valence-electron chi connectivity index (χ4n) is 3.92. The first kappa shape index (κ1) is 24.5. The molecule has 0 aromatic heterocycles. The number of carbonyl (C=O) groups excluding carboxylic acids is 3. The van der Waals surface area contributed by atoms with Crippen LogP contribution in [0.4, 0.5) is 11.4 Å². The molecule has 2 aliphatic heterocycles. The van der Waals surface area contributed by atoms with Crippen molar-refractivity contribution >= 4 is 40.9 Å². The van der Waals surface area contributed by atoms with Gasteiger partial charge in [-0.25, -0.2) is 0 Å². The first-order valence-electron chi connectivity index (χ1n) is 11.8. The summed E-state index contributed by atoms with van der Waals surface area (Å²) in [4.78, 5) is 41.4. The summed E-state index contributed by atoms with van der Waals surface area (Å²) in [5.74, 6) is 0.356. The minimum absolute atomic E-state index is 0.141. The number of rotatable bonds is 8.